The first kappa shape index (κ1) is 8.80. The minimum absolute atomic E-state index is 0.472. The monoisotopic (exact) mass is 190 g/mol. The van der Waals surface area contributed by atoms with E-state index in [1.54, 1.807) is 13.1 Å². The highest BCUT2D eigenvalue weighted by atomic mass is 16.4. The molecule has 0 bridgehead atoms. The second-order valence-corrected chi connectivity index (χ2v) is 3.04. The summed E-state index contributed by atoms with van der Waals surface area (Å²) < 4.78 is 5.29. The molecule has 0 aliphatic rings. The predicted octanol–water partition coefficient (Wildman–Crippen LogP) is 1.45. The fraction of sp³-hybridized carbons (Fsp3) is 0.333. The van der Waals surface area contributed by atoms with Gasteiger partial charge in [-0.25, -0.2) is 9.97 Å². The number of aromatic nitrogens is 4. The predicted molar refractivity (Wildman–Crippen MR) is 49.5 cm³/mol. The molecule has 0 aromatic carbocycles. The first-order valence-electron chi connectivity index (χ1n) is 4.27. The van der Waals surface area contributed by atoms with E-state index in [1.165, 1.54) is 0 Å². The van der Waals surface area contributed by atoms with Gasteiger partial charge in [0.15, 0.2) is 0 Å². The third kappa shape index (κ3) is 1.48. The van der Waals surface area contributed by atoms with Gasteiger partial charge in [-0.1, -0.05) is 0 Å². The van der Waals surface area contributed by atoms with Crippen LogP contribution in [0.5, 0.6) is 0 Å². The van der Waals surface area contributed by atoms with Gasteiger partial charge in [-0.2, -0.15) is 0 Å². The molecule has 0 saturated carbocycles. The van der Waals surface area contributed by atoms with Crippen LogP contribution in [0.1, 0.15) is 17.4 Å². The van der Waals surface area contributed by atoms with Gasteiger partial charge < -0.3 is 4.42 Å². The van der Waals surface area contributed by atoms with Crippen molar-refractivity contribution in [1.82, 2.24) is 20.2 Å². The molecule has 2 rings (SSSR count). The Kier molecular flexibility index (Phi) is 1.99. The molecule has 0 amide bonds. The molecular weight excluding hydrogens is 180 g/mol. The first-order chi connectivity index (χ1) is 6.66. The summed E-state index contributed by atoms with van der Waals surface area (Å²) >= 11 is 0. The molecule has 0 aliphatic carbocycles. The van der Waals surface area contributed by atoms with E-state index in [-0.39, 0.29) is 0 Å². The second kappa shape index (κ2) is 3.17. The number of hydrogen-bond donors (Lipinski definition) is 0. The van der Waals surface area contributed by atoms with Gasteiger partial charge >= 0.3 is 0 Å². The van der Waals surface area contributed by atoms with Crippen molar-refractivity contribution in [3.05, 3.63) is 23.6 Å². The zero-order valence-electron chi connectivity index (χ0n) is 8.27. The van der Waals surface area contributed by atoms with Gasteiger partial charge in [0.1, 0.15) is 5.82 Å². The third-order valence-electron chi connectivity index (χ3n) is 1.86. The Balaban J connectivity index is 2.52. The SMILES string of the molecule is Cc1ncc(-c2nnc(C)o2)c(C)n1. The van der Waals surface area contributed by atoms with Crippen LogP contribution in [0.25, 0.3) is 11.5 Å². The van der Waals surface area contributed by atoms with E-state index in [4.69, 9.17) is 4.42 Å². The van der Waals surface area contributed by atoms with Gasteiger partial charge in [-0.3, -0.25) is 0 Å². The maximum absolute atomic E-state index is 5.29. The fourth-order valence-electron chi connectivity index (χ4n) is 1.20. The highest BCUT2D eigenvalue weighted by Gasteiger charge is 2.10. The molecule has 2 aromatic rings. The lowest BCUT2D eigenvalue weighted by molar-refractivity contribution is 0.532. The molecule has 0 radical (unpaired) electrons. The topological polar surface area (TPSA) is 64.7 Å². The number of hydrogen-bond acceptors (Lipinski definition) is 5. The number of aryl methyl sites for hydroxylation is 3. The van der Waals surface area contributed by atoms with Crippen molar-refractivity contribution in [2.45, 2.75) is 20.8 Å². The first-order valence-corrected chi connectivity index (χ1v) is 4.27. The van der Waals surface area contributed by atoms with Gasteiger partial charge in [0.25, 0.3) is 5.89 Å². The van der Waals surface area contributed by atoms with Crippen LogP contribution < -0.4 is 0 Å². The van der Waals surface area contributed by atoms with Crippen molar-refractivity contribution >= 4 is 0 Å². The maximum Gasteiger partial charge on any atom is 0.251 e. The van der Waals surface area contributed by atoms with E-state index in [0.717, 1.165) is 17.1 Å². The lowest BCUT2D eigenvalue weighted by Gasteiger charge is -1.99. The summed E-state index contributed by atoms with van der Waals surface area (Å²) in [6.45, 7) is 5.49. The van der Waals surface area contributed by atoms with Crippen molar-refractivity contribution in [3.63, 3.8) is 0 Å². The Morgan fingerprint density at radius 1 is 1.14 bits per heavy atom. The fourth-order valence-corrected chi connectivity index (χ4v) is 1.20. The summed E-state index contributed by atoms with van der Waals surface area (Å²) in [7, 11) is 0. The lowest BCUT2D eigenvalue weighted by Crippen LogP contribution is -1.93. The summed E-state index contributed by atoms with van der Waals surface area (Å²) in [6, 6.07) is 0. The maximum atomic E-state index is 5.29. The summed E-state index contributed by atoms with van der Waals surface area (Å²) in [5.74, 6) is 1.75. The molecule has 0 N–H and O–H groups in total. The van der Waals surface area contributed by atoms with Crippen LogP contribution in [0, 0.1) is 20.8 Å². The molecule has 0 aliphatic heterocycles. The van der Waals surface area contributed by atoms with Gasteiger partial charge in [0.2, 0.25) is 5.89 Å². The minimum Gasteiger partial charge on any atom is -0.421 e. The number of nitrogens with zero attached hydrogens (tertiary/aromatic N) is 4. The standard InChI is InChI=1S/C9H10N4O/c1-5-8(4-10-6(2)11-5)9-13-12-7(3)14-9/h4H,1-3H3. The van der Waals surface area contributed by atoms with Crippen LogP contribution in [0.15, 0.2) is 10.6 Å². The van der Waals surface area contributed by atoms with Crippen molar-refractivity contribution in [2.75, 3.05) is 0 Å². The van der Waals surface area contributed by atoms with Crippen LogP contribution in [0.3, 0.4) is 0 Å². The van der Waals surface area contributed by atoms with Crippen molar-refractivity contribution in [2.24, 2.45) is 0 Å². The third-order valence-corrected chi connectivity index (χ3v) is 1.86. The van der Waals surface area contributed by atoms with E-state index in [9.17, 15) is 0 Å². The van der Waals surface area contributed by atoms with Crippen molar-refractivity contribution in [3.8, 4) is 11.5 Å². The molecule has 0 saturated heterocycles. The van der Waals surface area contributed by atoms with Crippen LogP contribution >= 0.6 is 0 Å². The molecule has 0 atom stereocenters. The highest BCUT2D eigenvalue weighted by molar-refractivity contribution is 5.53. The molecule has 0 spiro atoms. The van der Waals surface area contributed by atoms with Gasteiger partial charge in [-0.15, -0.1) is 10.2 Å². The molecule has 14 heavy (non-hydrogen) atoms. The molecule has 0 unspecified atom stereocenters. The van der Waals surface area contributed by atoms with E-state index in [1.807, 2.05) is 13.8 Å². The summed E-state index contributed by atoms with van der Waals surface area (Å²) in [6.07, 6.45) is 1.70. The largest absolute Gasteiger partial charge is 0.421 e. The van der Waals surface area contributed by atoms with Crippen LogP contribution in [-0.4, -0.2) is 20.2 Å². The molecule has 2 heterocycles. The van der Waals surface area contributed by atoms with E-state index >= 15 is 0 Å². The molecular formula is C9H10N4O. The smallest absolute Gasteiger partial charge is 0.251 e. The Morgan fingerprint density at radius 2 is 1.93 bits per heavy atom. The van der Waals surface area contributed by atoms with Crippen molar-refractivity contribution < 1.29 is 4.42 Å². The Bertz CT molecular complexity index is 464. The normalized spacial score (nSPS) is 10.5. The van der Waals surface area contributed by atoms with E-state index in [2.05, 4.69) is 20.2 Å². The Morgan fingerprint density at radius 3 is 2.50 bits per heavy atom. The average Bonchev–Trinajstić information content (AvgIpc) is 2.51. The Hall–Kier alpha value is -1.78. The van der Waals surface area contributed by atoms with E-state index < -0.39 is 0 Å². The van der Waals surface area contributed by atoms with Gasteiger partial charge in [0, 0.05) is 13.1 Å². The van der Waals surface area contributed by atoms with Crippen LogP contribution in [0.2, 0.25) is 0 Å². The number of rotatable bonds is 1. The van der Waals surface area contributed by atoms with E-state index in [0.29, 0.717) is 11.8 Å². The van der Waals surface area contributed by atoms with Gasteiger partial charge in [0.05, 0.1) is 11.3 Å². The summed E-state index contributed by atoms with van der Waals surface area (Å²) in [5.41, 5.74) is 1.64. The zero-order valence-corrected chi connectivity index (χ0v) is 8.27. The molecule has 2 aromatic heterocycles. The van der Waals surface area contributed by atoms with Gasteiger partial charge in [-0.05, 0) is 13.8 Å². The molecule has 5 heteroatoms. The second-order valence-electron chi connectivity index (χ2n) is 3.04. The molecule has 5 nitrogen and oxygen atoms in total. The summed E-state index contributed by atoms with van der Waals surface area (Å²) in [4.78, 5) is 8.31. The summed E-state index contributed by atoms with van der Waals surface area (Å²) in [5, 5.41) is 7.66. The minimum atomic E-state index is 0.472. The van der Waals surface area contributed by atoms with Crippen LogP contribution in [0.4, 0.5) is 0 Å². The average molecular weight is 190 g/mol. The lowest BCUT2D eigenvalue weighted by atomic mass is 10.2. The quantitative estimate of drug-likeness (QED) is 0.681. The zero-order chi connectivity index (χ0) is 10.1. The highest BCUT2D eigenvalue weighted by Crippen LogP contribution is 2.19. The Labute approximate surface area is 81.2 Å². The van der Waals surface area contributed by atoms with Crippen molar-refractivity contribution in [1.29, 1.82) is 0 Å². The molecule has 72 valence electrons. The molecule has 0 fully saturated rings. The van der Waals surface area contributed by atoms with Crippen LogP contribution in [-0.2, 0) is 0 Å².